The van der Waals surface area contributed by atoms with Gasteiger partial charge in [0, 0.05) is 37.6 Å². The molecular weight excluding hydrogens is 1420 g/mol. The first-order valence-electron chi connectivity index (χ1n) is 39.9. The predicted molar refractivity (Wildman–Crippen MR) is 427 cm³/mol. The molecule has 5 aliphatic rings. The fourth-order valence-corrected chi connectivity index (χ4v) is 14.1. The summed E-state index contributed by atoms with van der Waals surface area (Å²) in [4.78, 5) is 109. The second-order valence-electron chi connectivity index (χ2n) is 37.2. The highest BCUT2D eigenvalue weighted by molar-refractivity contribution is 6.45. The Balaban J connectivity index is 0.000000319. The van der Waals surface area contributed by atoms with Gasteiger partial charge in [-0.15, -0.1) is 0 Å². The van der Waals surface area contributed by atoms with Crippen LogP contribution < -0.4 is 27.4 Å². The lowest BCUT2D eigenvalue weighted by Crippen LogP contribution is -2.62. The molecule has 2 aromatic rings. The van der Waals surface area contributed by atoms with Gasteiger partial charge >= 0.3 is 57.5 Å². The molecule has 624 valence electrons. The van der Waals surface area contributed by atoms with Crippen molar-refractivity contribution < 1.29 is 95.8 Å². The molecule has 4 saturated heterocycles. The van der Waals surface area contributed by atoms with E-state index in [1.54, 1.807) is 76.2 Å². The second kappa shape index (κ2) is 38.3. The van der Waals surface area contributed by atoms with Crippen molar-refractivity contribution in [3.05, 3.63) is 71.8 Å². The number of unbranched alkanes of at least 4 members (excludes halogenated alkanes) is 3. The van der Waals surface area contributed by atoms with Crippen molar-refractivity contribution in [1.29, 1.82) is 0 Å². The first kappa shape index (κ1) is 95.1. The molecule has 1 aliphatic carbocycles. The molecule has 0 spiro atoms. The largest absolute Gasteiger partial charge is 0.481 e. The molecule has 30 heteroatoms. The zero-order valence-corrected chi connectivity index (χ0v) is 71.1. The number of nitrogens with one attached hydrogen (secondary N) is 3. The van der Waals surface area contributed by atoms with Crippen molar-refractivity contribution in [3.8, 4) is 0 Å². The summed E-state index contributed by atoms with van der Waals surface area (Å²) in [6.45, 7) is 43.2. The zero-order chi connectivity index (χ0) is 84.0. The summed E-state index contributed by atoms with van der Waals surface area (Å²) in [6, 6.07) is 17.6. The Morgan fingerprint density at radius 1 is 0.550 bits per heavy atom. The Hall–Kier alpha value is -6.53. The van der Waals surface area contributed by atoms with E-state index in [4.69, 9.17) is 63.8 Å². The average Bonchev–Trinajstić information content (AvgIpc) is 1.63. The van der Waals surface area contributed by atoms with Gasteiger partial charge in [0.25, 0.3) is 0 Å². The summed E-state index contributed by atoms with van der Waals surface area (Å²) in [6.07, 6.45) is 6.49. The number of aliphatic carboxylic acids is 1. The molecule has 5 amide bonds. The van der Waals surface area contributed by atoms with Crippen molar-refractivity contribution in [1.82, 2.24) is 25.8 Å². The monoisotopic (exact) mass is 1560 g/mol. The Labute approximate surface area is 662 Å². The summed E-state index contributed by atoms with van der Waals surface area (Å²) < 4.78 is 53.3. The van der Waals surface area contributed by atoms with E-state index in [1.165, 1.54) is 9.80 Å². The van der Waals surface area contributed by atoms with Crippen LogP contribution in [-0.2, 0) is 79.5 Å². The number of carbonyl (C=O) groups excluding carboxylic acids is 7. The third kappa shape index (κ3) is 26.5. The summed E-state index contributed by atoms with van der Waals surface area (Å²) >= 11 is 0. The zero-order valence-electron chi connectivity index (χ0n) is 71.1. The van der Waals surface area contributed by atoms with Gasteiger partial charge in [0.05, 0.1) is 33.4 Å². The number of likely N-dealkylation sites (tertiary alicyclic amines) is 2. The van der Waals surface area contributed by atoms with Crippen LogP contribution in [0, 0.1) is 17.3 Å². The third-order valence-corrected chi connectivity index (χ3v) is 22.8. The third-order valence-electron chi connectivity index (χ3n) is 22.8. The van der Waals surface area contributed by atoms with Crippen LogP contribution in [0.15, 0.2) is 60.7 Å². The molecule has 4 heterocycles. The lowest BCUT2D eigenvalue weighted by atomic mass is 9.78. The van der Waals surface area contributed by atoms with Crippen LogP contribution in [0.5, 0.6) is 0 Å². The number of carboxylic acid groups (broad SMARTS) is 1. The highest BCUT2D eigenvalue weighted by Crippen LogP contribution is 2.45. The lowest BCUT2D eigenvalue weighted by molar-refractivity contribution is -0.159. The maximum atomic E-state index is 14.3. The number of rotatable bonds is 29. The molecule has 10 N–H and O–H groups in total. The smallest absolute Gasteiger partial charge is 0.457 e. The summed E-state index contributed by atoms with van der Waals surface area (Å²) in [5.74, 6) is -2.93. The van der Waals surface area contributed by atoms with Crippen LogP contribution in [0.3, 0.4) is 0 Å². The molecule has 111 heavy (non-hydrogen) atoms. The van der Waals surface area contributed by atoms with E-state index < -0.39 is 118 Å². The van der Waals surface area contributed by atoms with Crippen molar-refractivity contribution >= 4 is 69.4 Å². The molecule has 0 radical (unpaired) electrons. The van der Waals surface area contributed by atoms with Crippen LogP contribution >= 0.6 is 0 Å². The Morgan fingerprint density at radius 2 is 0.955 bits per heavy atom. The van der Waals surface area contributed by atoms with Crippen LogP contribution in [-0.4, -0.2) is 187 Å². The van der Waals surface area contributed by atoms with E-state index in [-0.39, 0.29) is 93.6 Å². The fourth-order valence-electron chi connectivity index (χ4n) is 14.1. The number of esters is 2. The topological polar surface area (TPSA) is 375 Å². The summed E-state index contributed by atoms with van der Waals surface area (Å²) in [7, 11) is -2.05. The number of hydrogen-bond acceptors (Lipinski definition) is 21. The van der Waals surface area contributed by atoms with E-state index >= 15 is 0 Å². The van der Waals surface area contributed by atoms with E-state index in [1.807, 2.05) is 144 Å². The predicted octanol–water partition coefficient (Wildman–Crippen LogP) is 12.2. The van der Waals surface area contributed by atoms with Gasteiger partial charge in [0.2, 0.25) is 11.8 Å². The summed E-state index contributed by atoms with van der Waals surface area (Å²) in [5, 5.41) is 36.1. The molecular formula is C81H136B3N7O20. The number of ether oxygens (including phenoxy) is 5. The van der Waals surface area contributed by atoms with Gasteiger partial charge in [0.1, 0.15) is 46.6 Å². The maximum Gasteiger partial charge on any atom is 0.457 e. The molecule has 4 aliphatic heterocycles. The minimum atomic E-state index is -1.45. The van der Waals surface area contributed by atoms with Crippen LogP contribution in [0.25, 0.3) is 0 Å². The van der Waals surface area contributed by atoms with E-state index in [0.29, 0.717) is 83.3 Å². The van der Waals surface area contributed by atoms with Gasteiger partial charge in [0.15, 0.2) is 0 Å². The Bertz CT molecular complexity index is 3390. The average molecular weight is 1560 g/mol. The van der Waals surface area contributed by atoms with Gasteiger partial charge < -0.3 is 84.9 Å². The standard InChI is InChI=1S/C38H62BN3O9.C27H43BN2O6.C16H31BN2O5/c1-26(2)37(13,41-31(45)48-33(3,4)5)29(43)40-28-23-38(42(24-28)32(46)49-34(6,7)8,30(44)47-25-27-19-15-14-16-20-27)21-17-18-22-39-50-35(9,10)36(11,12)51-39;1-24(2,3)34-23(32)30-18-21(29)17-27(30,22(31)33-19-20-13-9-8-10-14-20)15-11-12-16-28-35-25(4,5)26(6,7)36-28;1-11(2)15(3,18)13(20)19-12-6-8-16(10-12,14(21)22)7-4-5-9-17(23)24/h14-16,19-20,26,28H,17-18,21-25H2,1-13H3,(H,40,43)(H,41,45);8-10,13-14,21H,11-12,15-19,29H2,1-7H3;11-12,23-24H,4-10,18H2,1-3H3,(H,19,20)(H,21,22)/t28-,37+,38-;21-,27-;12-,15-,16+/m110/s1. The molecule has 8 atom stereocenters. The number of amides is 5. The molecule has 0 unspecified atom stereocenters. The van der Waals surface area contributed by atoms with Crippen molar-refractivity contribution in [2.45, 2.75) is 361 Å². The van der Waals surface area contributed by atoms with Crippen molar-refractivity contribution in [3.63, 3.8) is 0 Å². The Kier molecular flexibility index (Phi) is 32.8. The number of alkyl carbamates (subject to hydrolysis) is 1. The highest BCUT2D eigenvalue weighted by atomic mass is 16.7. The second-order valence-corrected chi connectivity index (χ2v) is 37.2. The molecule has 0 aromatic heterocycles. The number of benzene rings is 2. The number of nitrogens with zero attached hydrogens (tertiary/aromatic N) is 2. The molecule has 27 nitrogen and oxygen atoms in total. The minimum absolute atomic E-state index is 0.00106. The van der Waals surface area contributed by atoms with Crippen LogP contribution in [0.1, 0.15) is 260 Å². The van der Waals surface area contributed by atoms with Gasteiger partial charge in [-0.05, 0) is 218 Å². The number of hydrogen-bond donors (Lipinski definition) is 8. The van der Waals surface area contributed by atoms with E-state index in [9.17, 15) is 43.5 Å². The normalized spacial score (nSPS) is 24.2. The van der Waals surface area contributed by atoms with Gasteiger partial charge in [-0.2, -0.15) is 0 Å². The van der Waals surface area contributed by atoms with Crippen molar-refractivity contribution in [2.75, 3.05) is 13.1 Å². The highest BCUT2D eigenvalue weighted by Gasteiger charge is 2.59. The summed E-state index contributed by atoms with van der Waals surface area (Å²) in [5.41, 5.74) is 4.25. The van der Waals surface area contributed by atoms with Gasteiger partial charge in [-0.3, -0.25) is 24.2 Å². The SMILES string of the molecule is CC(C)(C)OC(=O)N1C[C@H](N)C[C@]1(CCCCB1OC(C)(C)C(C)(C)O1)C(=O)OCc1ccccc1.CC(C)[C@](C)(N)C(=O)N[C@H]1CC[C@@](CCCCB(O)O)(C(=O)O)C1.CC(C)[C@](C)(NC(=O)OC(C)(C)C)C(=O)N[C@H]1CN(C(=O)OC(C)(C)C)[C@@](CCCCB2OC(C)(C)C(C)(C)O2)(C(=O)OCc2ccccc2)C1. The minimum Gasteiger partial charge on any atom is -0.481 e. The lowest BCUT2D eigenvalue weighted by Gasteiger charge is -2.37. The fraction of sp³-hybridized carbons (Fsp3) is 0.753. The quantitative estimate of drug-likeness (QED) is 0.0162. The molecule has 5 fully saturated rings. The maximum absolute atomic E-state index is 14.3. The number of carboxylic acids is 1. The van der Waals surface area contributed by atoms with Crippen molar-refractivity contribution in [2.24, 2.45) is 28.7 Å². The molecule has 1 saturated carbocycles. The molecule has 2 aromatic carbocycles. The van der Waals surface area contributed by atoms with Gasteiger partial charge in [-0.25, -0.2) is 24.0 Å². The van der Waals surface area contributed by atoms with E-state index in [0.717, 1.165) is 17.5 Å². The first-order valence-corrected chi connectivity index (χ1v) is 39.9. The van der Waals surface area contributed by atoms with E-state index in [2.05, 4.69) is 16.0 Å². The first-order chi connectivity index (χ1) is 51.0. The Morgan fingerprint density at radius 3 is 1.35 bits per heavy atom. The molecule has 7 rings (SSSR count). The van der Waals surface area contributed by atoms with Crippen LogP contribution in [0.4, 0.5) is 14.4 Å². The number of nitrogens with two attached hydrogens (primary N) is 2. The van der Waals surface area contributed by atoms with Gasteiger partial charge in [-0.1, -0.05) is 127 Å². The number of carbonyl (C=O) groups is 8. The molecule has 0 bridgehead atoms. The van der Waals surface area contributed by atoms with Crippen LogP contribution in [0.2, 0.25) is 19.0 Å².